The van der Waals surface area contributed by atoms with Crippen LogP contribution >= 0.6 is 11.6 Å². The van der Waals surface area contributed by atoms with Gasteiger partial charge in [0, 0.05) is 54.7 Å². The van der Waals surface area contributed by atoms with Crippen molar-refractivity contribution < 1.29 is 13.6 Å². The van der Waals surface area contributed by atoms with E-state index < -0.39 is 23.4 Å². The molecular formula is C26H23ClF2N6O. The third-order valence-corrected chi connectivity index (χ3v) is 7.23. The average molecular weight is 509 g/mol. The van der Waals surface area contributed by atoms with Gasteiger partial charge in [-0.15, -0.1) is 0 Å². The minimum Gasteiger partial charge on any atom is -0.316 e. The number of urea groups is 1. The van der Waals surface area contributed by atoms with Crippen LogP contribution in [0.25, 0.3) is 17.0 Å². The molecule has 0 radical (unpaired) electrons. The number of carbonyl (C=O) groups is 1. The van der Waals surface area contributed by atoms with Crippen LogP contribution in [0.3, 0.4) is 0 Å². The molecule has 2 aliphatic rings. The molecule has 6 rings (SSSR count). The van der Waals surface area contributed by atoms with E-state index >= 15 is 0 Å². The summed E-state index contributed by atoms with van der Waals surface area (Å²) in [6, 6.07) is 12.4. The summed E-state index contributed by atoms with van der Waals surface area (Å²) in [5.41, 5.74) is 2.39. The molecule has 10 heteroatoms. The van der Waals surface area contributed by atoms with Gasteiger partial charge in [-0.3, -0.25) is 9.30 Å². The maximum Gasteiger partial charge on any atom is 0.322 e. The zero-order valence-corrected chi connectivity index (χ0v) is 20.0. The number of likely N-dealkylation sites (tertiary alicyclic amines) is 1. The molecule has 36 heavy (non-hydrogen) atoms. The largest absolute Gasteiger partial charge is 0.322 e. The Hall–Kier alpha value is -3.56. The predicted octanol–water partition coefficient (Wildman–Crippen LogP) is 5.21. The molecule has 2 aromatic heterocycles. The maximum atomic E-state index is 14.1. The second kappa shape index (κ2) is 9.15. The van der Waals surface area contributed by atoms with Crippen molar-refractivity contribution >= 4 is 29.1 Å². The molecule has 2 atom stereocenters. The van der Waals surface area contributed by atoms with Crippen molar-refractivity contribution in [3.8, 4) is 11.3 Å². The summed E-state index contributed by atoms with van der Waals surface area (Å²) in [6.07, 6.45) is 5.35. The van der Waals surface area contributed by atoms with E-state index in [1.807, 2.05) is 40.9 Å². The summed E-state index contributed by atoms with van der Waals surface area (Å²) < 4.78 is 30.2. The van der Waals surface area contributed by atoms with E-state index in [-0.39, 0.29) is 12.1 Å². The van der Waals surface area contributed by atoms with Crippen LogP contribution in [0.5, 0.6) is 0 Å². The maximum absolute atomic E-state index is 14.1. The van der Waals surface area contributed by atoms with Crippen LogP contribution in [0.4, 0.5) is 19.3 Å². The van der Waals surface area contributed by atoms with Gasteiger partial charge in [-0.1, -0.05) is 29.8 Å². The Labute approximate surface area is 211 Å². The number of para-hydroxylation sites is 1. The molecule has 2 aliphatic heterocycles. The summed E-state index contributed by atoms with van der Waals surface area (Å²) in [5, 5.41) is 3.11. The van der Waals surface area contributed by atoms with E-state index in [0.717, 1.165) is 41.9 Å². The summed E-state index contributed by atoms with van der Waals surface area (Å²) in [5.74, 6) is -0.957. The molecule has 2 saturated heterocycles. The molecule has 0 spiro atoms. The number of amides is 2. The minimum absolute atomic E-state index is 0.0464. The number of hydrogen-bond acceptors (Lipinski definition) is 4. The van der Waals surface area contributed by atoms with Crippen LogP contribution in [0, 0.1) is 11.6 Å². The van der Waals surface area contributed by atoms with Crippen LogP contribution in [-0.4, -0.2) is 55.4 Å². The second-order valence-corrected chi connectivity index (χ2v) is 9.65. The molecule has 0 aliphatic carbocycles. The number of anilines is 1. The Morgan fingerprint density at radius 2 is 1.72 bits per heavy atom. The van der Waals surface area contributed by atoms with Crippen molar-refractivity contribution in [2.75, 3.05) is 18.4 Å². The van der Waals surface area contributed by atoms with E-state index in [1.54, 1.807) is 11.1 Å². The highest BCUT2D eigenvalue weighted by molar-refractivity contribution is 6.30. The standard InChI is InChI=1S/C26H23ClF2N6O/c27-17-7-5-16(6-8-17)23-22(34-12-2-11-30-25(34)31-23)15-33-13-18-9-10-19(14-33)35(18)26(36)32-24-20(28)3-1-4-21(24)29/h1-8,11-12,18-19H,9-10,13-15H2,(H,32,36). The van der Waals surface area contributed by atoms with Gasteiger partial charge in [-0.25, -0.2) is 23.5 Å². The molecule has 4 aromatic rings. The number of halogens is 3. The van der Waals surface area contributed by atoms with Crippen molar-refractivity contribution in [3.05, 3.63) is 83.3 Å². The summed E-state index contributed by atoms with van der Waals surface area (Å²) in [6.45, 7) is 1.92. The molecule has 1 N–H and O–H groups in total. The number of aromatic nitrogens is 3. The zero-order valence-electron chi connectivity index (χ0n) is 19.2. The number of carbonyl (C=O) groups excluding carboxylic acids is 1. The molecule has 2 amide bonds. The van der Waals surface area contributed by atoms with Gasteiger partial charge in [0.1, 0.15) is 17.3 Å². The Morgan fingerprint density at radius 3 is 2.42 bits per heavy atom. The number of benzene rings is 2. The Morgan fingerprint density at radius 1 is 1.03 bits per heavy atom. The molecule has 7 nitrogen and oxygen atoms in total. The number of rotatable bonds is 4. The Kier molecular flexibility index (Phi) is 5.81. The summed E-state index contributed by atoms with van der Waals surface area (Å²) >= 11 is 6.09. The molecule has 2 unspecified atom stereocenters. The van der Waals surface area contributed by atoms with Gasteiger partial charge in [0.25, 0.3) is 0 Å². The first kappa shape index (κ1) is 22.9. The highest BCUT2D eigenvalue weighted by Crippen LogP contribution is 2.33. The molecule has 0 saturated carbocycles. The fourth-order valence-electron chi connectivity index (χ4n) is 5.38. The van der Waals surface area contributed by atoms with Crippen molar-refractivity contribution in [1.29, 1.82) is 0 Å². The highest BCUT2D eigenvalue weighted by Gasteiger charge is 2.43. The predicted molar refractivity (Wildman–Crippen MR) is 133 cm³/mol. The molecule has 2 bridgehead atoms. The third kappa shape index (κ3) is 4.08. The fourth-order valence-corrected chi connectivity index (χ4v) is 5.50. The number of nitrogens with one attached hydrogen (secondary N) is 1. The van der Waals surface area contributed by atoms with E-state index in [4.69, 9.17) is 16.6 Å². The number of imidazole rings is 1. The van der Waals surface area contributed by atoms with Crippen LogP contribution < -0.4 is 5.32 Å². The SMILES string of the molecule is O=C(Nc1c(F)cccc1F)N1C2CCC1CN(Cc1c(-c3ccc(Cl)cc3)nc3ncccn13)C2. The number of nitrogens with zero attached hydrogens (tertiary/aromatic N) is 5. The smallest absolute Gasteiger partial charge is 0.316 e. The normalized spacial score (nSPS) is 19.7. The molecule has 2 aromatic carbocycles. The molecule has 2 fully saturated rings. The number of fused-ring (bicyclic) bond motifs is 3. The first-order valence-corrected chi connectivity index (χ1v) is 12.2. The lowest BCUT2D eigenvalue weighted by Gasteiger charge is -2.41. The topological polar surface area (TPSA) is 65.8 Å². The van der Waals surface area contributed by atoms with Crippen molar-refractivity contribution in [3.63, 3.8) is 0 Å². The first-order chi connectivity index (χ1) is 17.5. The van der Waals surface area contributed by atoms with E-state index in [2.05, 4.69) is 15.2 Å². The molecule has 184 valence electrons. The van der Waals surface area contributed by atoms with Gasteiger partial charge >= 0.3 is 6.03 Å². The Bertz CT molecular complexity index is 1410. The van der Waals surface area contributed by atoms with E-state index in [0.29, 0.717) is 30.4 Å². The second-order valence-electron chi connectivity index (χ2n) is 9.22. The fraction of sp³-hybridized carbons (Fsp3) is 0.269. The molecular weight excluding hydrogens is 486 g/mol. The van der Waals surface area contributed by atoms with Crippen molar-refractivity contribution in [1.82, 2.24) is 24.2 Å². The van der Waals surface area contributed by atoms with E-state index in [9.17, 15) is 13.6 Å². The lowest BCUT2D eigenvalue weighted by Crippen LogP contribution is -2.56. The number of hydrogen-bond donors (Lipinski definition) is 1. The van der Waals surface area contributed by atoms with Crippen LogP contribution in [-0.2, 0) is 6.54 Å². The van der Waals surface area contributed by atoms with Gasteiger partial charge in [0.05, 0.1) is 11.4 Å². The van der Waals surface area contributed by atoms with Gasteiger partial charge in [-0.2, -0.15) is 0 Å². The van der Waals surface area contributed by atoms with Gasteiger partial charge in [0.15, 0.2) is 0 Å². The zero-order chi connectivity index (χ0) is 24.8. The lowest BCUT2D eigenvalue weighted by molar-refractivity contribution is 0.0893. The molecule has 4 heterocycles. The summed E-state index contributed by atoms with van der Waals surface area (Å²) in [7, 11) is 0. The minimum atomic E-state index is -0.787. The Balaban J connectivity index is 1.24. The highest BCUT2D eigenvalue weighted by atomic mass is 35.5. The van der Waals surface area contributed by atoms with Crippen LogP contribution in [0.2, 0.25) is 5.02 Å². The van der Waals surface area contributed by atoms with Crippen LogP contribution in [0.1, 0.15) is 18.5 Å². The first-order valence-electron chi connectivity index (χ1n) is 11.8. The van der Waals surface area contributed by atoms with Crippen LogP contribution in [0.15, 0.2) is 60.9 Å². The van der Waals surface area contributed by atoms with Gasteiger partial charge in [0.2, 0.25) is 5.78 Å². The lowest BCUT2D eigenvalue weighted by atomic mass is 10.1. The van der Waals surface area contributed by atoms with Crippen molar-refractivity contribution in [2.24, 2.45) is 0 Å². The van der Waals surface area contributed by atoms with E-state index in [1.165, 1.54) is 6.07 Å². The summed E-state index contributed by atoms with van der Waals surface area (Å²) in [4.78, 5) is 26.3. The quantitative estimate of drug-likeness (QED) is 0.411. The van der Waals surface area contributed by atoms with Crippen molar-refractivity contribution in [2.45, 2.75) is 31.5 Å². The van der Waals surface area contributed by atoms with Gasteiger partial charge < -0.3 is 10.2 Å². The number of piperazine rings is 1. The monoisotopic (exact) mass is 508 g/mol. The average Bonchev–Trinajstić information content (AvgIpc) is 3.36. The van der Waals surface area contributed by atoms with Gasteiger partial charge in [-0.05, 0) is 43.2 Å². The third-order valence-electron chi connectivity index (χ3n) is 6.98.